The molecule has 6 nitrogen and oxygen atoms in total. The Labute approximate surface area is 165 Å². The minimum Gasteiger partial charge on any atom is -0.496 e. The van der Waals surface area contributed by atoms with Gasteiger partial charge in [0.15, 0.2) is 0 Å². The highest BCUT2D eigenvalue weighted by molar-refractivity contribution is 6.35. The van der Waals surface area contributed by atoms with E-state index in [9.17, 15) is 9.59 Å². The van der Waals surface area contributed by atoms with E-state index in [2.05, 4.69) is 10.3 Å². The highest BCUT2D eigenvalue weighted by atomic mass is 35.5. The zero-order valence-electron chi connectivity index (χ0n) is 14.3. The number of carbonyl (C=O) groups is 1. The lowest BCUT2D eigenvalue weighted by Crippen LogP contribution is -2.27. The summed E-state index contributed by atoms with van der Waals surface area (Å²) in [7, 11) is 1.55. The average molecular weight is 404 g/mol. The first-order valence-electron chi connectivity index (χ1n) is 7.92. The van der Waals surface area contributed by atoms with Crippen molar-refractivity contribution in [2.75, 3.05) is 12.4 Å². The van der Waals surface area contributed by atoms with Crippen molar-refractivity contribution < 1.29 is 9.53 Å². The summed E-state index contributed by atoms with van der Waals surface area (Å²) in [6.45, 7) is -0.207. The Hall–Kier alpha value is -2.83. The van der Waals surface area contributed by atoms with Gasteiger partial charge in [-0.2, -0.15) is 0 Å². The van der Waals surface area contributed by atoms with Crippen molar-refractivity contribution in [1.82, 2.24) is 9.55 Å². The molecule has 138 valence electrons. The maximum Gasteiger partial charge on any atom is 0.254 e. The first-order valence-corrected chi connectivity index (χ1v) is 8.68. The number of amides is 1. The molecule has 0 fully saturated rings. The Bertz CT molecular complexity index is 1050. The lowest BCUT2D eigenvalue weighted by Gasteiger charge is -2.10. The lowest BCUT2D eigenvalue weighted by atomic mass is 10.1. The van der Waals surface area contributed by atoms with Crippen molar-refractivity contribution >= 4 is 34.8 Å². The second-order valence-corrected chi connectivity index (χ2v) is 6.46. The Balaban J connectivity index is 1.79. The highest BCUT2D eigenvalue weighted by Crippen LogP contribution is 2.27. The SMILES string of the molecule is COc1ccccc1-c1cc(=O)n(CC(=O)Nc2cc(Cl)ccc2Cl)cn1. The Morgan fingerprint density at radius 3 is 2.70 bits per heavy atom. The van der Waals surface area contributed by atoms with Gasteiger partial charge < -0.3 is 10.1 Å². The van der Waals surface area contributed by atoms with E-state index in [0.717, 1.165) is 0 Å². The van der Waals surface area contributed by atoms with Crippen molar-refractivity contribution in [1.29, 1.82) is 0 Å². The summed E-state index contributed by atoms with van der Waals surface area (Å²) in [4.78, 5) is 28.9. The van der Waals surface area contributed by atoms with Crippen LogP contribution in [0.25, 0.3) is 11.3 Å². The van der Waals surface area contributed by atoms with Gasteiger partial charge in [-0.05, 0) is 30.3 Å². The molecule has 0 saturated carbocycles. The van der Waals surface area contributed by atoms with Crippen molar-refractivity contribution in [2.24, 2.45) is 0 Å². The molecule has 1 amide bonds. The smallest absolute Gasteiger partial charge is 0.254 e. The molecule has 8 heteroatoms. The van der Waals surface area contributed by atoms with Crippen molar-refractivity contribution in [3.63, 3.8) is 0 Å². The maximum absolute atomic E-state index is 12.4. The zero-order valence-corrected chi connectivity index (χ0v) is 15.8. The standard InChI is InChI=1S/C19H15Cl2N3O3/c1-27-17-5-3-2-4-13(17)15-9-19(26)24(11-22-15)10-18(25)23-16-8-12(20)6-7-14(16)21/h2-9,11H,10H2,1H3,(H,23,25). The molecule has 3 rings (SSSR count). The predicted octanol–water partition coefficient (Wildman–Crippen LogP) is 3.86. The molecule has 0 aliphatic carbocycles. The summed E-state index contributed by atoms with van der Waals surface area (Å²) in [5.41, 5.74) is 1.17. The number of ether oxygens (including phenoxy) is 1. The van der Waals surface area contributed by atoms with Crippen LogP contribution in [0.2, 0.25) is 10.0 Å². The van der Waals surface area contributed by atoms with Crippen LogP contribution < -0.4 is 15.6 Å². The van der Waals surface area contributed by atoms with E-state index in [0.29, 0.717) is 32.7 Å². The molecule has 0 aliphatic heterocycles. The number of nitrogens with zero attached hydrogens (tertiary/aromatic N) is 2. The van der Waals surface area contributed by atoms with Gasteiger partial charge in [0.2, 0.25) is 5.91 Å². The average Bonchev–Trinajstić information content (AvgIpc) is 2.66. The van der Waals surface area contributed by atoms with Crippen LogP contribution in [0.5, 0.6) is 5.75 Å². The third-order valence-electron chi connectivity index (χ3n) is 3.78. The normalized spacial score (nSPS) is 10.5. The van der Waals surface area contributed by atoms with Gasteiger partial charge in [0, 0.05) is 16.7 Å². The third-order valence-corrected chi connectivity index (χ3v) is 4.34. The summed E-state index contributed by atoms with van der Waals surface area (Å²) >= 11 is 11.9. The number of hydrogen-bond donors (Lipinski definition) is 1. The quantitative estimate of drug-likeness (QED) is 0.701. The van der Waals surface area contributed by atoms with E-state index in [1.807, 2.05) is 12.1 Å². The molecule has 1 heterocycles. The molecule has 0 spiro atoms. The second kappa shape index (κ2) is 8.24. The number of halogens is 2. The van der Waals surface area contributed by atoms with Gasteiger partial charge in [0.25, 0.3) is 5.56 Å². The summed E-state index contributed by atoms with van der Waals surface area (Å²) in [5.74, 6) is 0.184. The minimum atomic E-state index is -0.423. The molecule has 0 aliphatic rings. The van der Waals surface area contributed by atoms with Gasteiger partial charge in [-0.1, -0.05) is 35.3 Å². The number of methoxy groups -OCH3 is 1. The van der Waals surface area contributed by atoms with Crippen LogP contribution >= 0.6 is 23.2 Å². The molecule has 2 aromatic carbocycles. The van der Waals surface area contributed by atoms with Crippen molar-refractivity contribution in [2.45, 2.75) is 6.54 Å². The highest BCUT2D eigenvalue weighted by Gasteiger charge is 2.11. The topological polar surface area (TPSA) is 73.2 Å². The van der Waals surface area contributed by atoms with Gasteiger partial charge in [0.05, 0.1) is 29.8 Å². The first-order chi connectivity index (χ1) is 13.0. The van der Waals surface area contributed by atoms with Crippen LogP contribution in [-0.2, 0) is 11.3 Å². The molecule has 0 unspecified atom stereocenters. The number of benzene rings is 2. The predicted molar refractivity (Wildman–Crippen MR) is 106 cm³/mol. The number of para-hydroxylation sites is 1. The van der Waals surface area contributed by atoms with Crippen LogP contribution in [0.4, 0.5) is 5.69 Å². The van der Waals surface area contributed by atoms with Gasteiger partial charge in [-0.25, -0.2) is 4.98 Å². The van der Waals surface area contributed by atoms with Crippen molar-refractivity contribution in [3.05, 3.63) is 75.3 Å². The zero-order chi connectivity index (χ0) is 19.4. The second-order valence-electron chi connectivity index (χ2n) is 5.61. The third kappa shape index (κ3) is 4.48. The number of nitrogens with one attached hydrogen (secondary N) is 1. The van der Waals surface area contributed by atoms with Crippen LogP contribution in [0.15, 0.2) is 59.7 Å². The maximum atomic E-state index is 12.4. The first kappa shape index (κ1) is 18.9. The fraction of sp³-hybridized carbons (Fsp3) is 0.105. The molecule has 0 saturated heterocycles. The van der Waals surface area contributed by atoms with Gasteiger partial charge in [-0.15, -0.1) is 0 Å². The van der Waals surface area contributed by atoms with Gasteiger partial charge in [-0.3, -0.25) is 14.2 Å². The fourth-order valence-corrected chi connectivity index (χ4v) is 2.82. The molecule has 0 radical (unpaired) electrons. The van der Waals surface area contributed by atoms with E-state index in [1.165, 1.54) is 23.0 Å². The van der Waals surface area contributed by atoms with E-state index in [-0.39, 0.29) is 12.1 Å². The minimum absolute atomic E-state index is 0.207. The molecule has 1 N–H and O–H groups in total. The molecule has 27 heavy (non-hydrogen) atoms. The molecule has 1 aromatic heterocycles. The van der Waals surface area contributed by atoms with Crippen LogP contribution in [0.3, 0.4) is 0 Å². The molecular formula is C19H15Cl2N3O3. The summed E-state index contributed by atoms with van der Waals surface area (Å²) in [5, 5.41) is 3.42. The largest absolute Gasteiger partial charge is 0.496 e. The molecule has 0 atom stereocenters. The van der Waals surface area contributed by atoms with Gasteiger partial charge in [0.1, 0.15) is 12.3 Å². The summed E-state index contributed by atoms with van der Waals surface area (Å²) in [6.07, 6.45) is 1.32. The Kier molecular flexibility index (Phi) is 5.78. The molecule has 0 bridgehead atoms. The Morgan fingerprint density at radius 2 is 1.96 bits per heavy atom. The summed E-state index contributed by atoms with van der Waals surface area (Å²) in [6, 6.07) is 13.3. The van der Waals surface area contributed by atoms with Crippen molar-refractivity contribution in [3.8, 4) is 17.0 Å². The van der Waals surface area contributed by atoms with Crippen LogP contribution in [-0.4, -0.2) is 22.6 Å². The number of aromatic nitrogens is 2. The van der Waals surface area contributed by atoms with Crippen LogP contribution in [0, 0.1) is 0 Å². The molecule has 3 aromatic rings. The van der Waals surface area contributed by atoms with Crippen LogP contribution in [0.1, 0.15) is 0 Å². The summed E-state index contributed by atoms with van der Waals surface area (Å²) < 4.78 is 6.49. The fourth-order valence-electron chi connectivity index (χ4n) is 2.49. The van der Waals surface area contributed by atoms with E-state index >= 15 is 0 Å². The lowest BCUT2D eigenvalue weighted by molar-refractivity contribution is -0.116. The number of rotatable bonds is 5. The monoisotopic (exact) mass is 403 g/mol. The van der Waals surface area contributed by atoms with E-state index in [4.69, 9.17) is 27.9 Å². The number of carbonyl (C=O) groups excluding carboxylic acids is 1. The Morgan fingerprint density at radius 1 is 1.19 bits per heavy atom. The van der Waals surface area contributed by atoms with E-state index in [1.54, 1.807) is 31.4 Å². The number of hydrogen-bond acceptors (Lipinski definition) is 4. The number of anilines is 1. The molecular weight excluding hydrogens is 389 g/mol. The van der Waals surface area contributed by atoms with Gasteiger partial charge >= 0.3 is 0 Å². The van der Waals surface area contributed by atoms with E-state index < -0.39 is 5.91 Å².